The van der Waals surface area contributed by atoms with Crippen molar-refractivity contribution in [1.82, 2.24) is 0 Å². The molecule has 0 bridgehead atoms. The molecule has 1 aromatic rings. The third-order valence-electron chi connectivity index (χ3n) is 13.9. The van der Waals surface area contributed by atoms with E-state index in [1.165, 1.54) is 50.7 Å². The van der Waals surface area contributed by atoms with Crippen molar-refractivity contribution in [2.45, 2.75) is 139 Å². The van der Waals surface area contributed by atoms with Crippen molar-refractivity contribution in [3.8, 4) is 5.75 Å². The van der Waals surface area contributed by atoms with Crippen LogP contribution in [-0.4, -0.2) is 40.7 Å². The summed E-state index contributed by atoms with van der Waals surface area (Å²) in [5, 5.41) is 0. The van der Waals surface area contributed by atoms with Crippen LogP contribution in [0.5, 0.6) is 5.75 Å². The molecule has 8 atom stereocenters. The molecular weight excluding hydrogens is 667 g/mol. The molecule has 4 aliphatic rings. The van der Waals surface area contributed by atoms with Gasteiger partial charge in [-0.05, 0) is 131 Å². The molecule has 0 radical (unpaired) electrons. The van der Waals surface area contributed by atoms with Crippen LogP contribution in [0.3, 0.4) is 0 Å². The van der Waals surface area contributed by atoms with Gasteiger partial charge in [0, 0.05) is 5.41 Å². The van der Waals surface area contributed by atoms with Gasteiger partial charge in [-0.25, -0.2) is 14.2 Å². The summed E-state index contributed by atoms with van der Waals surface area (Å²) in [7, 11) is -4.72. The van der Waals surface area contributed by atoms with Crippen molar-refractivity contribution in [1.29, 1.82) is 0 Å². The number of carbonyl (C=O) groups excluding carboxylic acids is 2. The van der Waals surface area contributed by atoms with Crippen molar-refractivity contribution < 1.29 is 42.7 Å². The second-order valence-corrected chi connectivity index (χ2v) is 18.8. The Morgan fingerprint density at radius 1 is 0.961 bits per heavy atom. The van der Waals surface area contributed by atoms with Gasteiger partial charge in [0.05, 0.1) is 6.61 Å². The number of ether oxygens (including phenoxy) is 3. The Morgan fingerprint density at radius 2 is 1.67 bits per heavy atom. The predicted octanol–water partition coefficient (Wildman–Crippen LogP) is 10.4. The fraction of sp³-hybridized carbons (Fsp3) is 0.707. The summed E-state index contributed by atoms with van der Waals surface area (Å²) in [5.41, 5.74) is 5.30. The topological polar surface area (TPSA) is 129 Å². The van der Waals surface area contributed by atoms with Crippen molar-refractivity contribution in [3.63, 3.8) is 0 Å². The number of carbonyl (C=O) groups is 2. The van der Waals surface area contributed by atoms with E-state index in [1.807, 2.05) is 0 Å². The van der Waals surface area contributed by atoms with E-state index in [0.717, 1.165) is 38.0 Å². The van der Waals surface area contributed by atoms with E-state index in [2.05, 4.69) is 66.0 Å². The van der Waals surface area contributed by atoms with Crippen LogP contribution >= 0.6 is 7.82 Å². The van der Waals surface area contributed by atoms with Crippen LogP contribution in [0.25, 0.3) is 0 Å². The summed E-state index contributed by atoms with van der Waals surface area (Å²) in [5.74, 6) is 1.25. The highest BCUT2D eigenvalue weighted by molar-refractivity contribution is 7.46. The monoisotopic (exact) mass is 728 g/mol. The maximum absolute atomic E-state index is 13.7. The Morgan fingerprint density at radius 3 is 2.35 bits per heavy atom. The van der Waals surface area contributed by atoms with Gasteiger partial charge >= 0.3 is 19.9 Å². The van der Waals surface area contributed by atoms with Gasteiger partial charge in [0.25, 0.3) is 0 Å². The lowest BCUT2D eigenvalue weighted by molar-refractivity contribution is -0.104. The molecule has 0 unspecified atom stereocenters. The number of esters is 1. The minimum absolute atomic E-state index is 0.0128. The van der Waals surface area contributed by atoms with E-state index in [9.17, 15) is 14.2 Å². The van der Waals surface area contributed by atoms with Crippen molar-refractivity contribution >= 4 is 19.9 Å². The molecule has 51 heavy (non-hydrogen) atoms. The maximum Gasteiger partial charge on any atom is 0.514 e. The predicted molar refractivity (Wildman–Crippen MR) is 197 cm³/mol. The summed E-state index contributed by atoms with van der Waals surface area (Å²) in [6, 6.07) is 6.36. The molecule has 0 saturated heterocycles. The molecule has 2 fully saturated rings. The maximum atomic E-state index is 13.7. The summed E-state index contributed by atoms with van der Waals surface area (Å²) in [6.07, 6.45) is 11.3. The van der Waals surface area contributed by atoms with E-state index < -0.39 is 32.7 Å². The van der Waals surface area contributed by atoms with Crippen LogP contribution < -0.4 is 4.74 Å². The third-order valence-corrected chi connectivity index (χ3v) is 14.4. The fourth-order valence-corrected chi connectivity index (χ4v) is 11.5. The summed E-state index contributed by atoms with van der Waals surface area (Å²) >= 11 is 0. The molecule has 284 valence electrons. The average Bonchev–Trinajstić information content (AvgIpc) is 3.32. The lowest BCUT2D eigenvalue weighted by Crippen LogP contribution is -2.55. The largest absolute Gasteiger partial charge is 0.514 e. The summed E-state index contributed by atoms with van der Waals surface area (Å²) < 4.78 is 32.1. The molecule has 2 saturated carbocycles. The fourth-order valence-electron chi connectivity index (χ4n) is 11.1. The normalized spacial score (nSPS) is 32.5. The smallest absolute Gasteiger partial charge is 0.458 e. The van der Waals surface area contributed by atoms with Crippen LogP contribution in [0.1, 0.15) is 137 Å². The number of hydrogen-bond acceptors (Lipinski definition) is 7. The lowest BCUT2D eigenvalue weighted by Gasteiger charge is -2.62. The van der Waals surface area contributed by atoms with E-state index in [1.54, 1.807) is 29.3 Å². The van der Waals surface area contributed by atoms with E-state index in [0.29, 0.717) is 17.3 Å². The van der Waals surface area contributed by atoms with Crippen LogP contribution in [0, 0.1) is 39.4 Å². The van der Waals surface area contributed by atoms with Gasteiger partial charge in [-0.1, -0.05) is 76.5 Å². The second kappa shape index (κ2) is 14.8. The molecule has 0 amide bonds. The van der Waals surface area contributed by atoms with Crippen LogP contribution in [0.2, 0.25) is 0 Å². The zero-order chi connectivity index (χ0) is 37.6. The van der Waals surface area contributed by atoms with E-state index in [-0.39, 0.29) is 33.7 Å². The Hall–Kier alpha value is -2.45. The molecular formula is C41H61O9P. The van der Waals surface area contributed by atoms with Gasteiger partial charge in [0.2, 0.25) is 0 Å². The van der Waals surface area contributed by atoms with Crippen LogP contribution in [0.4, 0.5) is 4.79 Å². The average molecular weight is 729 g/mol. The highest BCUT2D eigenvalue weighted by atomic mass is 31.2. The number of fused-ring (bicyclic) bond motifs is 4. The van der Waals surface area contributed by atoms with Crippen LogP contribution in [0.15, 0.2) is 47.1 Å². The first-order valence-electron chi connectivity index (χ1n) is 19.0. The number of para-hydroxylation sites is 1. The Bertz CT molecular complexity index is 1590. The zero-order valence-corrected chi connectivity index (χ0v) is 33.1. The van der Waals surface area contributed by atoms with Gasteiger partial charge in [-0.15, -0.1) is 0 Å². The van der Waals surface area contributed by atoms with Crippen LogP contribution in [-0.2, 0) is 18.6 Å². The first-order valence-corrected chi connectivity index (χ1v) is 20.5. The number of benzene rings is 1. The third kappa shape index (κ3) is 7.79. The van der Waals surface area contributed by atoms with Crippen molar-refractivity contribution in [2.75, 3.05) is 6.61 Å². The first-order chi connectivity index (χ1) is 23.7. The highest BCUT2D eigenvalue weighted by Gasteiger charge is 2.63. The molecule has 10 heteroatoms. The number of rotatable bonds is 11. The van der Waals surface area contributed by atoms with Gasteiger partial charge < -0.3 is 24.0 Å². The van der Waals surface area contributed by atoms with Gasteiger partial charge in [0.1, 0.15) is 23.5 Å². The molecule has 9 nitrogen and oxygen atoms in total. The van der Waals surface area contributed by atoms with Gasteiger partial charge in [0.15, 0.2) is 0 Å². The zero-order valence-electron chi connectivity index (χ0n) is 32.3. The molecule has 1 aromatic carbocycles. The minimum Gasteiger partial charge on any atom is -0.458 e. The lowest BCUT2D eigenvalue weighted by atomic mass is 9.43. The SMILES string of the molecule is CC(C)=CCC[C@@H](C)[C@H]1CC[C@@]2(C)C3=C(CC[C@]12C)[C@@]1(C)CC[C@H](OC(=O)c2ccccc2OC(=O)O[C@@H](C)COP(=O)(O)O)C(C)(C)[C@@H]1CC3. The molecule has 0 spiro atoms. The Labute approximate surface area is 305 Å². The number of phosphoric acid groups is 1. The quantitative estimate of drug-likeness (QED) is 0.0990. The minimum atomic E-state index is -4.72. The number of allylic oxidation sites excluding steroid dienone is 4. The molecule has 4 aliphatic carbocycles. The molecule has 0 aromatic heterocycles. The molecule has 5 rings (SSSR count). The van der Waals surface area contributed by atoms with Gasteiger partial charge in [-0.2, -0.15) is 0 Å². The van der Waals surface area contributed by atoms with Crippen molar-refractivity contribution in [2.24, 2.45) is 39.4 Å². The molecule has 0 heterocycles. The Balaban J connectivity index is 1.29. The van der Waals surface area contributed by atoms with Gasteiger partial charge in [-0.3, -0.25) is 4.52 Å². The Kier molecular flexibility index (Phi) is 11.5. The summed E-state index contributed by atoms with van der Waals surface area (Å²) in [6.45, 7) is 20.0. The van der Waals surface area contributed by atoms with E-state index >= 15 is 0 Å². The van der Waals surface area contributed by atoms with Crippen molar-refractivity contribution in [3.05, 3.63) is 52.6 Å². The standard InChI is InChI=1S/C41H61O9P/c1-26(2)13-12-14-27(3)30-19-23-41(9)32-17-18-34-38(5,6)35(21-22-39(34,7)31(32)20-24-40(30,41)8)50-36(42)29-15-10-11-16-33(29)49-37(43)48-28(4)25-47-51(44,45)46/h10-11,13,15-16,27-28,30,34-35H,12,14,17-25H2,1-9H3,(H2,44,45,46)/t27-,28+,30-,34+,35+,39-,40-,41+/m1/s1. The summed E-state index contributed by atoms with van der Waals surface area (Å²) in [4.78, 5) is 44.0. The first kappa shape index (κ1) is 39.8. The second-order valence-electron chi connectivity index (χ2n) is 17.5. The number of phosphoric ester groups is 1. The molecule has 2 N–H and O–H groups in total. The highest BCUT2D eigenvalue weighted by Crippen LogP contribution is 2.72. The van der Waals surface area contributed by atoms with E-state index in [4.69, 9.17) is 24.0 Å². The number of hydrogen-bond donors (Lipinski definition) is 2. The molecule has 0 aliphatic heterocycles.